The Kier molecular flexibility index (Phi) is 5.66. The van der Waals surface area contributed by atoms with Crippen LogP contribution < -0.4 is 0 Å². The number of ketones is 1. The van der Waals surface area contributed by atoms with Gasteiger partial charge in [0.25, 0.3) is 0 Å². The Morgan fingerprint density at radius 2 is 1.79 bits per heavy atom. The van der Waals surface area contributed by atoms with Crippen molar-refractivity contribution in [1.29, 1.82) is 0 Å². The van der Waals surface area contributed by atoms with E-state index in [1.165, 1.54) is 12.0 Å². The fraction of sp³-hybridized carbons (Fsp3) is 0.800. The van der Waals surface area contributed by atoms with Gasteiger partial charge in [0.15, 0.2) is 0 Å². The summed E-state index contributed by atoms with van der Waals surface area (Å²) in [4.78, 5) is 24.6. The van der Waals surface area contributed by atoms with Crippen LogP contribution >= 0.6 is 0 Å². The zero-order valence-electron chi connectivity index (χ0n) is 22.1. The summed E-state index contributed by atoms with van der Waals surface area (Å²) in [5.41, 5.74) is 2.83. The van der Waals surface area contributed by atoms with Crippen molar-refractivity contribution in [3.05, 3.63) is 23.8 Å². The molecule has 0 spiro atoms. The van der Waals surface area contributed by atoms with Gasteiger partial charge in [0.1, 0.15) is 5.78 Å². The quantitative estimate of drug-likeness (QED) is 0.445. The van der Waals surface area contributed by atoms with Crippen LogP contribution in [0.5, 0.6) is 0 Å². The molecule has 0 aromatic carbocycles. The van der Waals surface area contributed by atoms with E-state index in [9.17, 15) is 14.7 Å². The van der Waals surface area contributed by atoms with Crippen molar-refractivity contribution in [3.63, 3.8) is 0 Å². The van der Waals surface area contributed by atoms with E-state index in [0.29, 0.717) is 30.0 Å². The Labute approximate surface area is 201 Å². The largest absolute Gasteiger partial charge is 0.481 e. The molecule has 1 N–H and O–H groups in total. The summed E-state index contributed by atoms with van der Waals surface area (Å²) in [6, 6.07) is 0. The lowest BCUT2D eigenvalue weighted by Gasteiger charge is -2.67. The molecule has 0 saturated heterocycles. The first-order valence-electron chi connectivity index (χ1n) is 13.2. The Bertz CT molecular complexity index is 912. The van der Waals surface area contributed by atoms with Gasteiger partial charge < -0.3 is 5.11 Å². The first-order valence-corrected chi connectivity index (χ1v) is 13.2. The van der Waals surface area contributed by atoms with Crippen LogP contribution in [0.3, 0.4) is 0 Å². The molecule has 0 aliphatic heterocycles. The van der Waals surface area contributed by atoms with E-state index >= 15 is 0 Å². The van der Waals surface area contributed by atoms with Crippen LogP contribution in [-0.2, 0) is 9.59 Å². The maximum atomic E-state index is 13.0. The molecule has 0 radical (unpaired) electrons. The predicted octanol–water partition coefficient (Wildman–Crippen LogP) is 7.61. The highest BCUT2D eigenvalue weighted by Gasteiger charge is 2.65. The molecule has 3 nitrogen and oxygen atoms in total. The maximum Gasteiger partial charge on any atom is 0.303 e. The Hall–Kier alpha value is -1.38. The molecule has 7 atom stereocenters. The molecule has 0 aromatic heterocycles. The number of aliphatic carboxylic acids is 1. The second-order valence-corrected chi connectivity index (χ2v) is 13.9. The van der Waals surface area contributed by atoms with E-state index in [0.717, 1.165) is 38.5 Å². The van der Waals surface area contributed by atoms with Gasteiger partial charge in [-0.15, -0.1) is 0 Å². The molecule has 0 heterocycles. The van der Waals surface area contributed by atoms with E-state index in [-0.39, 0.29) is 33.5 Å². The number of carboxylic acid groups (broad SMARTS) is 1. The second-order valence-electron chi connectivity index (χ2n) is 13.9. The van der Waals surface area contributed by atoms with Crippen LogP contribution in [0.15, 0.2) is 23.8 Å². The average Bonchev–Trinajstić information content (AvgIpc) is 2.68. The number of carboxylic acids is 1. The van der Waals surface area contributed by atoms with Crippen molar-refractivity contribution in [1.82, 2.24) is 0 Å². The summed E-state index contributed by atoms with van der Waals surface area (Å²) < 4.78 is 0. The molecule has 0 unspecified atom stereocenters. The number of hydrogen-bond acceptors (Lipinski definition) is 2. The fourth-order valence-electron chi connectivity index (χ4n) is 9.54. The number of fused-ring (bicyclic) bond motifs is 5. The average molecular weight is 455 g/mol. The number of allylic oxidation sites excluding steroid dienone is 3. The Balaban J connectivity index is 1.78. The molecular weight excluding hydrogens is 408 g/mol. The molecule has 4 aliphatic rings. The smallest absolute Gasteiger partial charge is 0.303 e. The van der Waals surface area contributed by atoms with E-state index in [2.05, 4.69) is 61.1 Å². The summed E-state index contributed by atoms with van der Waals surface area (Å²) in [7, 11) is 0. The minimum atomic E-state index is -0.689. The third-order valence-corrected chi connectivity index (χ3v) is 11.6. The third-order valence-electron chi connectivity index (χ3n) is 11.6. The lowest BCUT2D eigenvalue weighted by molar-refractivity contribution is -0.152. The SMILES string of the molecule is C=C(C)[C@@H]1CC[C@]2(C)[C@@H](CC=C3[C@@H]2CC[C@@]2(C)CC(=O)C(C)(C)C[C@@]32C)[C@@]1(C)CCC(=O)O. The highest BCUT2D eigenvalue weighted by molar-refractivity contribution is 5.86. The molecular formula is C30H46O3. The minimum absolute atomic E-state index is 0.0390. The van der Waals surface area contributed by atoms with Gasteiger partial charge in [-0.3, -0.25) is 9.59 Å². The topological polar surface area (TPSA) is 54.4 Å². The molecule has 3 saturated carbocycles. The first-order chi connectivity index (χ1) is 15.1. The summed E-state index contributed by atoms with van der Waals surface area (Å²) in [6.45, 7) is 20.5. The number of rotatable bonds is 4. The molecule has 3 fully saturated rings. The first kappa shape index (κ1) is 24.7. The molecule has 0 aromatic rings. The van der Waals surface area contributed by atoms with Gasteiger partial charge in [-0.1, -0.05) is 65.3 Å². The van der Waals surface area contributed by atoms with E-state index < -0.39 is 5.97 Å². The highest BCUT2D eigenvalue weighted by atomic mass is 16.4. The Morgan fingerprint density at radius 3 is 2.39 bits per heavy atom. The normalized spacial score (nSPS) is 46.5. The van der Waals surface area contributed by atoms with Crippen LogP contribution in [0.1, 0.15) is 106 Å². The summed E-state index contributed by atoms with van der Waals surface area (Å²) in [5, 5.41) is 9.53. The number of Topliss-reactive ketones (excluding diaryl/α,β-unsaturated/α-hetero) is 1. The summed E-state index contributed by atoms with van der Waals surface area (Å²) >= 11 is 0. The van der Waals surface area contributed by atoms with Gasteiger partial charge in [-0.2, -0.15) is 0 Å². The zero-order valence-corrected chi connectivity index (χ0v) is 22.1. The van der Waals surface area contributed by atoms with Gasteiger partial charge in [0.05, 0.1) is 0 Å². The van der Waals surface area contributed by atoms with E-state index in [4.69, 9.17) is 0 Å². The van der Waals surface area contributed by atoms with E-state index in [1.807, 2.05) is 0 Å². The minimum Gasteiger partial charge on any atom is -0.481 e. The predicted molar refractivity (Wildman–Crippen MR) is 134 cm³/mol. The summed E-state index contributed by atoms with van der Waals surface area (Å²) in [5.74, 6) is 1.14. The van der Waals surface area contributed by atoms with Crippen molar-refractivity contribution in [2.24, 2.45) is 44.8 Å². The van der Waals surface area contributed by atoms with Gasteiger partial charge >= 0.3 is 5.97 Å². The summed E-state index contributed by atoms with van der Waals surface area (Å²) in [6.07, 6.45) is 10.8. The molecule has 3 heteroatoms. The van der Waals surface area contributed by atoms with Gasteiger partial charge in [-0.25, -0.2) is 0 Å². The molecule has 0 amide bonds. The number of carbonyl (C=O) groups excluding carboxylic acids is 1. The standard InChI is InChI=1S/C30H46O3/c1-19(2)20-12-15-29(7)21-11-14-27(5)17-24(31)26(3,4)18-30(27,8)22(21)9-10-23(29)28(20,6)16-13-25(32)33/h9,20-21,23H,1,10-18H2,2-8H3,(H,32,33)/t20-,21-,23-,27-,28-,29-,30-/m0/s1. The van der Waals surface area contributed by atoms with Crippen LogP contribution in [0.4, 0.5) is 0 Å². The van der Waals surface area contributed by atoms with E-state index in [1.54, 1.807) is 5.57 Å². The van der Waals surface area contributed by atoms with Gasteiger partial charge in [0.2, 0.25) is 0 Å². The van der Waals surface area contributed by atoms with Gasteiger partial charge in [0, 0.05) is 18.3 Å². The van der Waals surface area contributed by atoms with Crippen LogP contribution in [0.2, 0.25) is 0 Å². The molecule has 4 rings (SSSR count). The molecule has 184 valence electrons. The zero-order chi connectivity index (χ0) is 24.6. The molecule has 0 bridgehead atoms. The van der Waals surface area contributed by atoms with Crippen molar-refractivity contribution >= 4 is 11.8 Å². The van der Waals surface area contributed by atoms with Crippen molar-refractivity contribution in [2.45, 2.75) is 106 Å². The lowest BCUT2D eigenvalue weighted by Crippen LogP contribution is -2.60. The van der Waals surface area contributed by atoms with Crippen molar-refractivity contribution in [2.75, 3.05) is 0 Å². The monoisotopic (exact) mass is 454 g/mol. The van der Waals surface area contributed by atoms with Gasteiger partial charge in [-0.05, 0) is 91.3 Å². The van der Waals surface area contributed by atoms with Crippen molar-refractivity contribution < 1.29 is 14.7 Å². The Morgan fingerprint density at radius 1 is 1.12 bits per heavy atom. The fourth-order valence-corrected chi connectivity index (χ4v) is 9.54. The lowest BCUT2D eigenvalue weighted by atomic mass is 9.37. The second kappa shape index (κ2) is 7.56. The molecule has 4 aliphatic carbocycles. The van der Waals surface area contributed by atoms with Crippen LogP contribution in [0.25, 0.3) is 0 Å². The van der Waals surface area contributed by atoms with Crippen LogP contribution in [0, 0.1) is 44.8 Å². The third kappa shape index (κ3) is 3.42. The molecule has 33 heavy (non-hydrogen) atoms. The number of carbonyl (C=O) groups is 2. The maximum absolute atomic E-state index is 13.0. The number of hydrogen-bond donors (Lipinski definition) is 1. The highest BCUT2D eigenvalue weighted by Crippen LogP contribution is 2.72. The van der Waals surface area contributed by atoms with Crippen LogP contribution in [-0.4, -0.2) is 16.9 Å². The van der Waals surface area contributed by atoms with Crippen molar-refractivity contribution in [3.8, 4) is 0 Å².